The molecule has 0 spiro atoms. The standard InChI is InChI=1S/C20H28O4/c1-4-16-8-10-17(11-9-16)20(14-23-15-20)24-13-7-5-6-12-19(2,3)18(21)22/h4,8-11H,1,5-7,12-15H2,2-3H3,(H,21,22). The summed E-state index contributed by atoms with van der Waals surface area (Å²) < 4.78 is 11.5. The number of carboxylic acids is 1. The molecule has 4 heteroatoms. The van der Waals surface area contributed by atoms with Crippen LogP contribution in [-0.4, -0.2) is 30.9 Å². The van der Waals surface area contributed by atoms with Crippen molar-refractivity contribution < 1.29 is 19.4 Å². The molecule has 1 aromatic carbocycles. The highest BCUT2D eigenvalue weighted by Gasteiger charge is 2.41. The Morgan fingerprint density at radius 2 is 1.96 bits per heavy atom. The molecule has 1 aliphatic rings. The smallest absolute Gasteiger partial charge is 0.309 e. The third kappa shape index (κ3) is 4.46. The van der Waals surface area contributed by atoms with Gasteiger partial charge in [0.15, 0.2) is 0 Å². The van der Waals surface area contributed by atoms with Crippen LogP contribution in [0.1, 0.15) is 50.7 Å². The molecular formula is C20H28O4. The fourth-order valence-electron chi connectivity index (χ4n) is 2.76. The molecule has 1 saturated heterocycles. The molecule has 2 rings (SSSR count). The Bertz CT molecular complexity index is 556. The first kappa shape index (κ1) is 18.7. The van der Waals surface area contributed by atoms with Crippen molar-refractivity contribution >= 4 is 12.0 Å². The van der Waals surface area contributed by atoms with Gasteiger partial charge < -0.3 is 14.6 Å². The largest absolute Gasteiger partial charge is 0.481 e. The number of unbranched alkanes of at least 4 members (excludes halogenated alkanes) is 2. The number of hydrogen-bond acceptors (Lipinski definition) is 3. The molecule has 0 atom stereocenters. The van der Waals surface area contributed by atoms with Gasteiger partial charge in [-0.05, 0) is 37.8 Å². The summed E-state index contributed by atoms with van der Waals surface area (Å²) in [6, 6.07) is 8.24. The van der Waals surface area contributed by atoms with E-state index in [1.807, 2.05) is 18.2 Å². The third-order valence-corrected chi connectivity index (χ3v) is 4.75. The van der Waals surface area contributed by atoms with E-state index in [0.29, 0.717) is 26.2 Å². The average Bonchev–Trinajstić information content (AvgIpc) is 2.52. The van der Waals surface area contributed by atoms with Crippen molar-refractivity contribution in [2.75, 3.05) is 19.8 Å². The third-order valence-electron chi connectivity index (χ3n) is 4.75. The summed E-state index contributed by atoms with van der Waals surface area (Å²) in [6.07, 6.45) is 5.33. The minimum absolute atomic E-state index is 0.319. The van der Waals surface area contributed by atoms with Crippen molar-refractivity contribution in [2.45, 2.75) is 45.1 Å². The van der Waals surface area contributed by atoms with Crippen LogP contribution in [0.3, 0.4) is 0 Å². The molecule has 0 saturated carbocycles. The molecule has 0 unspecified atom stereocenters. The summed E-state index contributed by atoms with van der Waals surface area (Å²) in [6.45, 7) is 9.17. The molecule has 0 radical (unpaired) electrons. The first-order valence-electron chi connectivity index (χ1n) is 8.58. The van der Waals surface area contributed by atoms with Crippen LogP contribution < -0.4 is 0 Å². The molecule has 1 aromatic rings. The maximum Gasteiger partial charge on any atom is 0.309 e. The van der Waals surface area contributed by atoms with Gasteiger partial charge in [-0.2, -0.15) is 0 Å². The molecule has 1 heterocycles. The lowest BCUT2D eigenvalue weighted by molar-refractivity contribution is -0.217. The van der Waals surface area contributed by atoms with Crippen molar-refractivity contribution in [3.8, 4) is 0 Å². The minimum Gasteiger partial charge on any atom is -0.481 e. The Balaban J connectivity index is 1.75. The minimum atomic E-state index is -0.729. The molecule has 1 fully saturated rings. The fourth-order valence-corrected chi connectivity index (χ4v) is 2.76. The molecular weight excluding hydrogens is 304 g/mol. The first-order valence-corrected chi connectivity index (χ1v) is 8.58. The van der Waals surface area contributed by atoms with Gasteiger partial charge in [0.2, 0.25) is 0 Å². The Hall–Kier alpha value is -1.65. The van der Waals surface area contributed by atoms with Gasteiger partial charge in [-0.3, -0.25) is 4.79 Å². The second-order valence-corrected chi connectivity index (χ2v) is 7.16. The molecule has 0 bridgehead atoms. The lowest BCUT2D eigenvalue weighted by Gasteiger charge is -2.41. The molecule has 132 valence electrons. The number of carboxylic acid groups (broad SMARTS) is 1. The van der Waals surface area contributed by atoms with E-state index in [2.05, 4.69) is 18.7 Å². The monoisotopic (exact) mass is 332 g/mol. The van der Waals surface area contributed by atoms with Gasteiger partial charge in [-0.15, -0.1) is 0 Å². The number of carbonyl (C=O) groups is 1. The van der Waals surface area contributed by atoms with Gasteiger partial charge in [0.1, 0.15) is 5.60 Å². The quantitative estimate of drug-likeness (QED) is 0.651. The zero-order valence-corrected chi connectivity index (χ0v) is 14.7. The van der Waals surface area contributed by atoms with E-state index in [4.69, 9.17) is 14.6 Å². The number of ether oxygens (including phenoxy) is 2. The average molecular weight is 332 g/mol. The lowest BCUT2D eigenvalue weighted by Crippen LogP contribution is -2.49. The Kier molecular flexibility index (Phi) is 6.19. The number of benzene rings is 1. The molecule has 0 aliphatic carbocycles. The lowest BCUT2D eigenvalue weighted by atomic mass is 9.87. The topological polar surface area (TPSA) is 55.8 Å². The van der Waals surface area contributed by atoms with Gasteiger partial charge in [0, 0.05) is 6.61 Å². The molecule has 4 nitrogen and oxygen atoms in total. The summed E-state index contributed by atoms with van der Waals surface area (Å²) in [5, 5.41) is 9.11. The Morgan fingerprint density at radius 1 is 1.29 bits per heavy atom. The van der Waals surface area contributed by atoms with Gasteiger partial charge in [0.25, 0.3) is 0 Å². The van der Waals surface area contributed by atoms with Gasteiger partial charge >= 0.3 is 5.97 Å². The maximum absolute atomic E-state index is 11.1. The van der Waals surface area contributed by atoms with E-state index in [1.165, 1.54) is 0 Å². The van der Waals surface area contributed by atoms with E-state index >= 15 is 0 Å². The summed E-state index contributed by atoms with van der Waals surface area (Å²) in [7, 11) is 0. The second-order valence-electron chi connectivity index (χ2n) is 7.16. The van der Waals surface area contributed by atoms with Gasteiger partial charge in [-0.25, -0.2) is 0 Å². The Labute approximate surface area is 144 Å². The van der Waals surface area contributed by atoms with Crippen LogP contribution >= 0.6 is 0 Å². The Morgan fingerprint density at radius 3 is 2.46 bits per heavy atom. The van der Waals surface area contributed by atoms with Crippen molar-refractivity contribution in [1.82, 2.24) is 0 Å². The first-order chi connectivity index (χ1) is 11.4. The molecule has 0 aromatic heterocycles. The highest BCUT2D eigenvalue weighted by atomic mass is 16.6. The number of aliphatic carboxylic acids is 1. The summed E-state index contributed by atoms with van der Waals surface area (Å²) in [5.41, 5.74) is 1.28. The van der Waals surface area contributed by atoms with E-state index in [0.717, 1.165) is 30.4 Å². The van der Waals surface area contributed by atoms with E-state index in [-0.39, 0.29) is 5.60 Å². The van der Waals surface area contributed by atoms with E-state index < -0.39 is 11.4 Å². The van der Waals surface area contributed by atoms with Crippen molar-refractivity contribution in [3.63, 3.8) is 0 Å². The van der Waals surface area contributed by atoms with Crippen LogP contribution in [0.2, 0.25) is 0 Å². The normalized spacial score (nSPS) is 16.4. The van der Waals surface area contributed by atoms with Crippen LogP contribution in [0.15, 0.2) is 30.8 Å². The molecule has 24 heavy (non-hydrogen) atoms. The van der Waals surface area contributed by atoms with Crippen molar-refractivity contribution in [1.29, 1.82) is 0 Å². The molecule has 0 amide bonds. The second kappa shape index (κ2) is 7.95. The zero-order valence-electron chi connectivity index (χ0n) is 14.7. The van der Waals surface area contributed by atoms with Crippen LogP contribution in [0.4, 0.5) is 0 Å². The highest BCUT2D eigenvalue weighted by Crippen LogP contribution is 2.34. The molecule has 1 aliphatic heterocycles. The van der Waals surface area contributed by atoms with Crippen molar-refractivity contribution in [3.05, 3.63) is 42.0 Å². The predicted octanol–water partition coefficient (Wildman–Crippen LogP) is 4.24. The van der Waals surface area contributed by atoms with Crippen molar-refractivity contribution in [2.24, 2.45) is 5.41 Å². The van der Waals surface area contributed by atoms with E-state index in [9.17, 15) is 4.79 Å². The van der Waals surface area contributed by atoms with Gasteiger partial charge in [-0.1, -0.05) is 49.8 Å². The van der Waals surface area contributed by atoms with Crippen LogP contribution in [0.25, 0.3) is 6.08 Å². The zero-order chi connectivity index (χ0) is 17.6. The number of hydrogen-bond donors (Lipinski definition) is 1. The van der Waals surface area contributed by atoms with Crippen LogP contribution in [-0.2, 0) is 19.9 Å². The predicted molar refractivity (Wildman–Crippen MR) is 94.9 cm³/mol. The number of rotatable bonds is 10. The van der Waals surface area contributed by atoms with E-state index in [1.54, 1.807) is 13.8 Å². The maximum atomic E-state index is 11.1. The van der Waals surface area contributed by atoms with Crippen LogP contribution in [0.5, 0.6) is 0 Å². The fraction of sp³-hybridized carbons (Fsp3) is 0.550. The summed E-state index contributed by atoms with van der Waals surface area (Å²) >= 11 is 0. The van der Waals surface area contributed by atoms with Gasteiger partial charge in [0.05, 0.1) is 18.6 Å². The summed E-state index contributed by atoms with van der Waals surface area (Å²) in [5.74, 6) is -0.729. The highest BCUT2D eigenvalue weighted by molar-refractivity contribution is 5.73. The van der Waals surface area contributed by atoms with Crippen LogP contribution in [0, 0.1) is 5.41 Å². The summed E-state index contributed by atoms with van der Waals surface area (Å²) in [4.78, 5) is 11.1. The molecule has 1 N–H and O–H groups in total. The SMILES string of the molecule is C=Cc1ccc(C2(OCCCCCC(C)(C)C(=O)O)COC2)cc1.